The van der Waals surface area contributed by atoms with Crippen LogP contribution in [0.3, 0.4) is 0 Å². The SMILES string of the molecule is CN(Cc1cn2cccnc2n1)CC1CC(O)C1. The molecule has 1 N–H and O–H groups in total. The average molecular weight is 246 g/mol. The van der Waals surface area contributed by atoms with Crippen LogP contribution in [0.1, 0.15) is 18.5 Å². The van der Waals surface area contributed by atoms with Gasteiger partial charge < -0.3 is 10.0 Å². The first kappa shape index (κ1) is 11.6. The van der Waals surface area contributed by atoms with Crippen LogP contribution in [-0.4, -0.2) is 44.1 Å². The van der Waals surface area contributed by atoms with E-state index in [1.807, 2.05) is 22.9 Å². The summed E-state index contributed by atoms with van der Waals surface area (Å²) < 4.78 is 1.94. The van der Waals surface area contributed by atoms with Crippen LogP contribution in [0.25, 0.3) is 5.78 Å². The van der Waals surface area contributed by atoms with Gasteiger partial charge in [0.25, 0.3) is 0 Å². The molecular weight excluding hydrogens is 228 g/mol. The Morgan fingerprint density at radius 1 is 1.50 bits per heavy atom. The van der Waals surface area contributed by atoms with E-state index in [2.05, 4.69) is 21.9 Å². The Bertz CT molecular complexity index is 500. The molecule has 5 nitrogen and oxygen atoms in total. The Hall–Kier alpha value is -1.46. The van der Waals surface area contributed by atoms with Gasteiger partial charge in [0, 0.05) is 31.7 Å². The molecule has 0 spiro atoms. The third kappa shape index (κ3) is 2.37. The maximum Gasteiger partial charge on any atom is 0.233 e. The molecule has 0 aromatic carbocycles. The minimum absolute atomic E-state index is 0.0669. The molecule has 0 atom stereocenters. The molecule has 0 amide bonds. The monoisotopic (exact) mass is 246 g/mol. The fourth-order valence-corrected chi connectivity index (χ4v) is 2.59. The first-order valence-corrected chi connectivity index (χ1v) is 6.36. The second-order valence-electron chi connectivity index (χ2n) is 5.25. The van der Waals surface area contributed by atoms with Gasteiger partial charge in [0.05, 0.1) is 11.8 Å². The number of nitrogens with zero attached hydrogens (tertiary/aromatic N) is 4. The summed E-state index contributed by atoms with van der Waals surface area (Å²) in [6.45, 7) is 1.86. The van der Waals surface area contributed by atoms with Crippen LogP contribution < -0.4 is 0 Å². The van der Waals surface area contributed by atoms with Gasteiger partial charge in [0.1, 0.15) is 0 Å². The summed E-state index contributed by atoms with van der Waals surface area (Å²) in [4.78, 5) is 10.9. The number of aromatic nitrogens is 3. The summed E-state index contributed by atoms with van der Waals surface area (Å²) in [7, 11) is 2.10. The van der Waals surface area contributed by atoms with E-state index in [1.165, 1.54) is 0 Å². The number of hydrogen-bond donors (Lipinski definition) is 1. The standard InChI is InChI=1S/C13H18N4O/c1-16(7-10-5-12(18)6-10)8-11-9-17-4-2-3-14-13(17)15-11/h2-4,9-10,12,18H,5-8H2,1H3. The lowest BCUT2D eigenvalue weighted by molar-refractivity contribution is 0.0272. The minimum atomic E-state index is -0.0669. The van der Waals surface area contributed by atoms with Crippen molar-refractivity contribution >= 4 is 5.78 Å². The van der Waals surface area contributed by atoms with Gasteiger partial charge in [-0.1, -0.05) is 0 Å². The molecule has 0 bridgehead atoms. The maximum atomic E-state index is 9.27. The van der Waals surface area contributed by atoms with Gasteiger partial charge in [-0.15, -0.1) is 0 Å². The van der Waals surface area contributed by atoms with Crippen molar-refractivity contribution in [1.82, 2.24) is 19.3 Å². The number of rotatable bonds is 4. The molecule has 96 valence electrons. The summed E-state index contributed by atoms with van der Waals surface area (Å²) in [6.07, 6.45) is 7.55. The van der Waals surface area contributed by atoms with Crippen LogP contribution >= 0.6 is 0 Å². The highest BCUT2D eigenvalue weighted by atomic mass is 16.3. The summed E-state index contributed by atoms with van der Waals surface area (Å²) in [5.74, 6) is 1.39. The van der Waals surface area contributed by atoms with Crippen molar-refractivity contribution in [1.29, 1.82) is 0 Å². The number of aliphatic hydroxyl groups excluding tert-OH is 1. The van der Waals surface area contributed by atoms with Crippen LogP contribution in [0.4, 0.5) is 0 Å². The van der Waals surface area contributed by atoms with Gasteiger partial charge in [0.2, 0.25) is 5.78 Å². The molecule has 0 unspecified atom stereocenters. The minimum Gasteiger partial charge on any atom is -0.393 e. The number of fused-ring (bicyclic) bond motifs is 1. The molecular formula is C13H18N4O. The molecule has 2 aromatic rings. The van der Waals surface area contributed by atoms with Crippen LogP contribution in [0.5, 0.6) is 0 Å². The highest BCUT2D eigenvalue weighted by Gasteiger charge is 2.27. The predicted octanol–water partition coefficient (Wildman–Crippen LogP) is 0.932. The zero-order chi connectivity index (χ0) is 12.5. The van der Waals surface area contributed by atoms with E-state index in [-0.39, 0.29) is 6.10 Å². The van der Waals surface area contributed by atoms with Gasteiger partial charge in [-0.05, 0) is 31.9 Å². The fraction of sp³-hybridized carbons (Fsp3) is 0.538. The molecule has 0 radical (unpaired) electrons. The molecule has 2 aromatic heterocycles. The molecule has 1 saturated carbocycles. The van der Waals surface area contributed by atoms with Crippen molar-refractivity contribution in [3.8, 4) is 0 Å². The van der Waals surface area contributed by atoms with Crippen molar-refractivity contribution in [3.05, 3.63) is 30.4 Å². The lowest BCUT2D eigenvalue weighted by atomic mass is 9.82. The van der Waals surface area contributed by atoms with E-state index in [1.54, 1.807) is 6.20 Å². The third-order valence-corrected chi connectivity index (χ3v) is 3.50. The van der Waals surface area contributed by atoms with E-state index in [9.17, 15) is 5.11 Å². The van der Waals surface area contributed by atoms with Crippen LogP contribution in [0, 0.1) is 5.92 Å². The Morgan fingerprint density at radius 2 is 2.33 bits per heavy atom. The van der Waals surface area contributed by atoms with Crippen LogP contribution in [0.2, 0.25) is 0 Å². The number of imidazole rings is 1. The Balaban J connectivity index is 1.61. The van der Waals surface area contributed by atoms with E-state index in [0.717, 1.165) is 37.4 Å². The Morgan fingerprint density at radius 3 is 3.06 bits per heavy atom. The van der Waals surface area contributed by atoms with Gasteiger partial charge in [-0.25, -0.2) is 9.97 Å². The first-order valence-electron chi connectivity index (χ1n) is 6.36. The second-order valence-corrected chi connectivity index (χ2v) is 5.25. The van der Waals surface area contributed by atoms with Crippen molar-refractivity contribution in [3.63, 3.8) is 0 Å². The molecule has 3 rings (SSSR count). The molecule has 1 aliphatic carbocycles. The highest BCUT2D eigenvalue weighted by molar-refractivity contribution is 5.29. The molecule has 18 heavy (non-hydrogen) atoms. The van der Waals surface area contributed by atoms with Crippen molar-refractivity contribution in [2.24, 2.45) is 5.92 Å². The Kier molecular flexibility index (Phi) is 3.01. The smallest absolute Gasteiger partial charge is 0.233 e. The van der Waals surface area contributed by atoms with E-state index >= 15 is 0 Å². The lowest BCUT2D eigenvalue weighted by Crippen LogP contribution is -2.36. The number of aliphatic hydroxyl groups is 1. The molecule has 0 aliphatic heterocycles. The van der Waals surface area contributed by atoms with Gasteiger partial charge in [-0.2, -0.15) is 0 Å². The lowest BCUT2D eigenvalue weighted by Gasteiger charge is -2.34. The number of hydrogen-bond acceptors (Lipinski definition) is 4. The molecule has 0 saturated heterocycles. The van der Waals surface area contributed by atoms with Crippen molar-refractivity contribution < 1.29 is 5.11 Å². The predicted molar refractivity (Wildman–Crippen MR) is 68.1 cm³/mol. The molecule has 1 fully saturated rings. The second kappa shape index (κ2) is 4.66. The van der Waals surface area contributed by atoms with Gasteiger partial charge in [-0.3, -0.25) is 4.40 Å². The summed E-state index contributed by atoms with van der Waals surface area (Å²) in [6, 6.07) is 1.90. The van der Waals surface area contributed by atoms with Gasteiger partial charge >= 0.3 is 0 Å². The normalized spacial score (nSPS) is 23.5. The zero-order valence-corrected chi connectivity index (χ0v) is 10.5. The largest absolute Gasteiger partial charge is 0.393 e. The Labute approximate surface area is 106 Å². The van der Waals surface area contributed by atoms with E-state index in [4.69, 9.17) is 0 Å². The van der Waals surface area contributed by atoms with Gasteiger partial charge in [0.15, 0.2) is 0 Å². The van der Waals surface area contributed by atoms with Crippen molar-refractivity contribution in [2.75, 3.05) is 13.6 Å². The molecule has 1 aliphatic rings. The third-order valence-electron chi connectivity index (χ3n) is 3.50. The van der Waals surface area contributed by atoms with Crippen LogP contribution in [0.15, 0.2) is 24.7 Å². The van der Waals surface area contributed by atoms with E-state index in [0.29, 0.717) is 5.92 Å². The first-order chi connectivity index (χ1) is 8.70. The average Bonchev–Trinajstić information content (AvgIpc) is 2.68. The summed E-state index contributed by atoms with van der Waals surface area (Å²) >= 11 is 0. The fourth-order valence-electron chi connectivity index (χ4n) is 2.59. The maximum absolute atomic E-state index is 9.27. The summed E-state index contributed by atoms with van der Waals surface area (Å²) in [5, 5.41) is 9.27. The van der Waals surface area contributed by atoms with Crippen LogP contribution in [-0.2, 0) is 6.54 Å². The highest BCUT2D eigenvalue weighted by Crippen LogP contribution is 2.27. The summed E-state index contributed by atoms with van der Waals surface area (Å²) in [5.41, 5.74) is 1.04. The quantitative estimate of drug-likeness (QED) is 0.872. The topological polar surface area (TPSA) is 53.7 Å². The molecule has 2 heterocycles. The zero-order valence-electron chi connectivity index (χ0n) is 10.5. The van der Waals surface area contributed by atoms with Crippen molar-refractivity contribution in [2.45, 2.75) is 25.5 Å². The van der Waals surface area contributed by atoms with E-state index < -0.39 is 0 Å². The molecule has 5 heteroatoms.